The lowest BCUT2D eigenvalue weighted by atomic mass is 10.1. The number of nitrogens with zero attached hydrogens (tertiary/aromatic N) is 3. The number of nitriles is 1. The minimum Gasteiger partial charge on any atom is -0.341 e. The predicted octanol–water partition coefficient (Wildman–Crippen LogP) is 3.58. The van der Waals surface area contributed by atoms with Crippen LogP contribution in [0.15, 0.2) is 48.5 Å². The first-order chi connectivity index (χ1) is 14.2. The molecule has 1 saturated heterocycles. The van der Waals surface area contributed by atoms with E-state index in [1.165, 1.54) is 21.9 Å². The van der Waals surface area contributed by atoms with Crippen molar-refractivity contribution in [2.45, 2.75) is 25.7 Å². The maximum atomic E-state index is 12.9. The molecule has 0 saturated carbocycles. The van der Waals surface area contributed by atoms with Gasteiger partial charge in [-0.1, -0.05) is 24.3 Å². The number of hydrogen-bond acceptors (Lipinski definition) is 3. The molecule has 2 aromatic carbocycles. The summed E-state index contributed by atoms with van der Waals surface area (Å²) >= 11 is 0. The Hall–Kier alpha value is -3.34. The zero-order valence-electron chi connectivity index (χ0n) is 16.3. The van der Waals surface area contributed by atoms with Gasteiger partial charge in [-0.2, -0.15) is 18.4 Å². The third-order valence-electron chi connectivity index (χ3n) is 5.04. The number of alkyl halides is 3. The molecule has 0 aromatic heterocycles. The van der Waals surface area contributed by atoms with Crippen molar-refractivity contribution >= 4 is 11.8 Å². The number of likely N-dealkylation sites (tertiary alicyclic amines) is 1. The van der Waals surface area contributed by atoms with Crippen LogP contribution in [-0.4, -0.2) is 35.2 Å². The van der Waals surface area contributed by atoms with E-state index in [0.717, 1.165) is 17.7 Å². The molecule has 0 radical (unpaired) electrons. The fraction of sp³-hybridized carbons (Fsp3) is 0.318. The summed E-state index contributed by atoms with van der Waals surface area (Å²) in [6.07, 6.45) is -4.42. The highest BCUT2D eigenvalue weighted by molar-refractivity contribution is 5.89. The Balaban J connectivity index is 1.63. The molecule has 156 valence electrons. The summed E-state index contributed by atoms with van der Waals surface area (Å²) in [5.41, 5.74) is 0.901. The van der Waals surface area contributed by atoms with Gasteiger partial charge in [0.1, 0.15) is 0 Å². The highest BCUT2D eigenvalue weighted by Gasteiger charge is 2.36. The Labute approximate surface area is 172 Å². The van der Waals surface area contributed by atoms with Gasteiger partial charge in [-0.15, -0.1) is 0 Å². The number of hydrogen-bond donors (Lipinski definition) is 0. The van der Waals surface area contributed by atoms with Crippen LogP contribution in [0.4, 0.5) is 13.2 Å². The second kappa shape index (κ2) is 8.57. The van der Waals surface area contributed by atoms with Gasteiger partial charge in [-0.05, 0) is 35.4 Å². The molecule has 1 fully saturated rings. The van der Waals surface area contributed by atoms with E-state index in [2.05, 4.69) is 0 Å². The highest BCUT2D eigenvalue weighted by Crippen LogP contribution is 2.30. The lowest BCUT2D eigenvalue weighted by Crippen LogP contribution is -2.34. The van der Waals surface area contributed by atoms with Crippen LogP contribution in [0.2, 0.25) is 0 Å². The van der Waals surface area contributed by atoms with E-state index in [4.69, 9.17) is 5.26 Å². The number of amides is 2. The first kappa shape index (κ1) is 21.4. The molecule has 1 heterocycles. The number of halogens is 3. The smallest absolute Gasteiger partial charge is 0.341 e. The Bertz CT molecular complexity index is 998. The number of rotatable bonds is 5. The average Bonchev–Trinajstić information content (AvgIpc) is 3.07. The molecule has 30 heavy (non-hydrogen) atoms. The van der Waals surface area contributed by atoms with Crippen LogP contribution in [0, 0.1) is 17.2 Å². The second-order valence-electron chi connectivity index (χ2n) is 7.38. The molecule has 1 atom stereocenters. The summed E-state index contributed by atoms with van der Waals surface area (Å²) in [6, 6.07) is 13.8. The van der Waals surface area contributed by atoms with Crippen LogP contribution in [-0.2, 0) is 28.9 Å². The largest absolute Gasteiger partial charge is 0.416 e. The van der Waals surface area contributed by atoms with Crippen LogP contribution < -0.4 is 0 Å². The van der Waals surface area contributed by atoms with E-state index in [9.17, 15) is 22.8 Å². The number of benzene rings is 2. The molecular weight excluding hydrogens is 395 g/mol. The van der Waals surface area contributed by atoms with Gasteiger partial charge < -0.3 is 9.80 Å². The summed E-state index contributed by atoms with van der Waals surface area (Å²) in [7, 11) is 1.63. The molecule has 2 aromatic rings. The summed E-state index contributed by atoms with van der Waals surface area (Å²) in [4.78, 5) is 28.0. The molecular formula is C22H20F3N3O2. The van der Waals surface area contributed by atoms with Crippen molar-refractivity contribution in [3.05, 3.63) is 70.8 Å². The monoisotopic (exact) mass is 415 g/mol. The van der Waals surface area contributed by atoms with E-state index < -0.39 is 17.7 Å². The van der Waals surface area contributed by atoms with Gasteiger partial charge >= 0.3 is 6.18 Å². The van der Waals surface area contributed by atoms with Crippen LogP contribution in [0.1, 0.15) is 28.7 Å². The Morgan fingerprint density at radius 1 is 1.20 bits per heavy atom. The normalized spacial score (nSPS) is 16.4. The zero-order chi connectivity index (χ0) is 21.9. The standard InChI is InChI=1S/C22H20F3N3O2/c1-27(12-16-5-2-4-15(8-16)11-26)21(30)18-10-20(29)28(14-18)13-17-6-3-7-19(9-17)22(23,24)25/h2-9,18H,10,12-14H2,1H3. The lowest BCUT2D eigenvalue weighted by Gasteiger charge is -2.22. The molecule has 1 aliphatic rings. The van der Waals surface area contributed by atoms with E-state index >= 15 is 0 Å². The Morgan fingerprint density at radius 2 is 1.90 bits per heavy atom. The van der Waals surface area contributed by atoms with E-state index in [1.807, 2.05) is 12.1 Å². The predicted molar refractivity (Wildman–Crippen MR) is 103 cm³/mol. The molecule has 5 nitrogen and oxygen atoms in total. The van der Waals surface area contributed by atoms with Crippen molar-refractivity contribution < 1.29 is 22.8 Å². The summed E-state index contributed by atoms with van der Waals surface area (Å²) in [6.45, 7) is 0.490. The van der Waals surface area contributed by atoms with Gasteiger partial charge in [0.2, 0.25) is 11.8 Å². The third kappa shape index (κ3) is 4.98. The highest BCUT2D eigenvalue weighted by atomic mass is 19.4. The molecule has 0 N–H and O–H groups in total. The summed E-state index contributed by atoms with van der Waals surface area (Å²) in [5.74, 6) is -1.02. The molecule has 1 unspecified atom stereocenters. The van der Waals surface area contributed by atoms with E-state index in [0.29, 0.717) is 17.7 Å². The van der Waals surface area contributed by atoms with Gasteiger partial charge in [-0.3, -0.25) is 9.59 Å². The molecule has 0 spiro atoms. The Kier molecular flexibility index (Phi) is 6.11. The first-order valence-electron chi connectivity index (χ1n) is 9.35. The van der Waals surface area contributed by atoms with Crippen LogP contribution >= 0.6 is 0 Å². The summed E-state index contributed by atoms with van der Waals surface area (Å²) < 4.78 is 38.7. The average molecular weight is 415 g/mol. The fourth-order valence-electron chi connectivity index (χ4n) is 3.56. The zero-order valence-corrected chi connectivity index (χ0v) is 16.3. The quantitative estimate of drug-likeness (QED) is 0.750. The van der Waals surface area contributed by atoms with Crippen molar-refractivity contribution in [1.29, 1.82) is 5.26 Å². The van der Waals surface area contributed by atoms with Crippen molar-refractivity contribution in [2.75, 3.05) is 13.6 Å². The van der Waals surface area contributed by atoms with Crippen LogP contribution in [0.25, 0.3) is 0 Å². The molecule has 2 amide bonds. The second-order valence-corrected chi connectivity index (χ2v) is 7.38. The molecule has 0 aliphatic carbocycles. The summed E-state index contributed by atoms with van der Waals surface area (Å²) in [5, 5.41) is 8.98. The lowest BCUT2D eigenvalue weighted by molar-refractivity contribution is -0.137. The van der Waals surface area contributed by atoms with Gasteiger partial charge in [0.25, 0.3) is 0 Å². The first-order valence-corrected chi connectivity index (χ1v) is 9.35. The van der Waals surface area contributed by atoms with Crippen LogP contribution in [0.3, 0.4) is 0 Å². The fourth-order valence-corrected chi connectivity index (χ4v) is 3.56. The minimum atomic E-state index is -4.45. The molecule has 3 rings (SSSR count). The van der Waals surface area contributed by atoms with Gasteiger partial charge in [0.05, 0.1) is 23.1 Å². The topological polar surface area (TPSA) is 64.4 Å². The van der Waals surface area contributed by atoms with E-state index in [-0.39, 0.29) is 31.3 Å². The maximum absolute atomic E-state index is 12.9. The maximum Gasteiger partial charge on any atom is 0.416 e. The SMILES string of the molecule is CN(Cc1cccc(C#N)c1)C(=O)C1CC(=O)N(Cc2cccc(C(F)(F)F)c2)C1. The van der Waals surface area contributed by atoms with Gasteiger partial charge in [0.15, 0.2) is 0 Å². The third-order valence-corrected chi connectivity index (χ3v) is 5.04. The van der Waals surface area contributed by atoms with Gasteiger partial charge in [-0.25, -0.2) is 0 Å². The van der Waals surface area contributed by atoms with Crippen molar-refractivity contribution in [3.8, 4) is 6.07 Å². The minimum absolute atomic E-state index is 0.0281. The molecule has 0 bridgehead atoms. The van der Waals surface area contributed by atoms with Crippen molar-refractivity contribution in [1.82, 2.24) is 9.80 Å². The number of carbonyl (C=O) groups excluding carboxylic acids is 2. The van der Waals surface area contributed by atoms with Crippen molar-refractivity contribution in [3.63, 3.8) is 0 Å². The molecule has 1 aliphatic heterocycles. The van der Waals surface area contributed by atoms with Crippen molar-refractivity contribution in [2.24, 2.45) is 5.92 Å². The van der Waals surface area contributed by atoms with Gasteiger partial charge in [0, 0.05) is 33.1 Å². The molecule has 8 heteroatoms. The Morgan fingerprint density at radius 3 is 2.60 bits per heavy atom. The van der Waals surface area contributed by atoms with E-state index in [1.54, 1.807) is 25.2 Å². The number of carbonyl (C=O) groups is 2. The van der Waals surface area contributed by atoms with Crippen LogP contribution in [0.5, 0.6) is 0 Å².